The van der Waals surface area contributed by atoms with Crippen molar-refractivity contribution >= 4 is 34.5 Å². The van der Waals surface area contributed by atoms with Gasteiger partial charge in [0.25, 0.3) is 0 Å². The third-order valence-corrected chi connectivity index (χ3v) is 7.24. The lowest BCUT2D eigenvalue weighted by Gasteiger charge is -2.28. The standard InChI is InChI=1S/C20H26N2O2S2/c1-13(17-5-3-11-25-17)21-19(23)15-7-9-16(10-8-15)20(24)22-14(2)18-6-4-12-26-18/h3-6,11-16H,7-10H2,1-2H3,(H,21,23)(H,22,24). The third-order valence-electron chi connectivity index (χ3n) is 5.13. The van der Waals surface area contributed by atoms with Gasteiger partial charge in [-0.3, -0.25) is 9.59 Å². The molecular weight excluding hydrogens is 364 g/mol. The molecule has 6 heteroatoms. The van der Waals surface area contributed by atoms with Gasteiger partial charge >= 0.3 is 0 Å². The van der Waals surface area contributed by atoms with E-state index < -0.39 is 0 Å². The van der Waals surface area contributed by atoms with Crippen molar-refractivity contribution in [1.29, 1.82) is 0 Å². The zero-order valence-electron chi connectivity index (χ0n) is 15.2. The predicted molar refractivity (Wildman–Crippen MR) is 107 cm³/mol. The highest BCUT2D eigenvalue weighted by atomic mass is 32.1. The van der Waals surface area contributed by atoms with Crippen LogP contribution in [0.25, 0.3) is 0 Å². The van der Waals surface area contributed by atoms with Crippen molar-refractivity contribution in [3.63, 3.8) is 0 Å². The van der Waals surface area contributed by atoms with Gasteiger partial charge in [-0.1, -0.05) is 12.1 Å². The van der Waals surface area contributed by atoms with Gasteiger partial charge in [-0.25, -0.2) is 0 Å². The summed E-state index contributed by atoms with van der Waals surface area (Å²) < 4.78 is 0. The first-order chi connectivity index (χ1) is 12.5. The molecule has 0 bridgehead atoms. The first kappa shape index (κ1) is 19.1. The van der Waals surface area contributed by atoms with E-state index in [9.17, 15) is 9.59 Å². The number of amides is 2. The van der Waals surface area contributed by atoms with Gasteiger partial charge < -0.3 is 10.6 Å². The number of hydrogen-bond acceptors (Lipinski definition) is 4. The molecule has 2 atom stereocenters. The zero-order valence-corrected chi connectivity index (χ0v) is 16.9. The van der Waals surface area contributed by atoms with Gasteiger partial charge in [-0.05, 0) is 62.4 Å². The van der Waals surface area contributed by atoms with Gasteiger partial charge in [0.15, 0.2) is 0 Å². The molecular formula is C20H26N2O2S2. The fourth-order valence-corrected chi connectivity index (χ4v) is 4.97. The van der Waals surface area contributed by atoms with Gasteiger partial charge in [0, 0.05) is 21.6 Å². The Bertz CT molecular complexity index is 642. The highest BCUT2D eigenvalue weighted by Crippen LogP contribution is 2.31. The predicted octanol–water partition coefficient (Wildman–Crippen LogP) is 4.67. The number of thiophene rings is 2. The van der Waals surface area contributed by atoms with Crippen molar-refractivity contribution < 1.29 is 9.59 Å². The van der Waals surface area contributed by atoms with E-state index in [4.69, 9.17) is 0 Å². The average Bonchev–Trinajstić information content (AvgIpc) is 3.35. The molecule has 1 fully saturated rings. The lowest BCUT2D eigenvalue weighted by atomic mass is 9.81. The molecule has 0 radical (unpaired) electrons. The molecule has 4 nitrogen and oxygen atoms in total. The first-order valence-electron chi connectivity index (χ1n) is 9.22. The summed E-state index contributed by atoms with van der Waals surface area (Å²) in [7, 11) is 0. The first-order valence-corrected chi connectivity index (χ1v) is 11.0. The minimum absolute atomic E-state index is 0.0242. The van der Waals surface area contributed by atoms with Crippen LogP contribution in [0.3, 0.4) is 0 Å². The van der Waals surface area contributed by atoms with Crippen LogP contribution in [0.4, 0.5) is 0 Å². The van der Waals surface area contributed by atoms with E-state index in [1.54, 1.807) is 22.7 Å². The van der Waals surface area contributed by atoms with Gasteiger partial charge in [0.05, 0.1) is 12.1 Å². The second-order valence-electron chi connectivity index (χ2n) is 7.04. The Morgan fingerprint density at radius 2 is 1.23 bits per heavy atom. The van der Waals surface area contributed by atoms with Crippen molar-refractivity contribution in [2.75, 3.05) is 0 Å². The Morgan fingerprint density at radius 3 is 1.54 bits per heavy atom. The van der Waals surface area contributed by atoms with E-state index in [0.717, 1.165) is 25.7 Å². The van der Waals surface area contributed by atoms with Crippen molar-refractivity contribution in [3.8, 4) is 0 Å². The second-order valence-corrected chi connectivity index (χ2v) is 9.00. The Labute approximate surface area is 163 Å². The molecule has 0 saturated heterocycles. The van der Waals surface area contributed by atoms with Crippen LogP contribution < -0.4 is 10.6 Å². The van der Waals surface area contributed by atoms with E-state index in [1.807, 2.05) is 48.9 Å². The quantitative estimate of drug-likeness (QED) is 0.753. The maximum absolute atomic E-state index is 12.5. The van der Waals surface area contributed by atoms with Gasteiger partial charge in [0.1, 0.15) is 0 Å². The summed E-state index contributed by atoms with van der Waals surface area (Å²) in [4.78, 5) is 27.4. The molecule has 3 rings (SSSR count). The maximum Gasteiger partial charge on any atom is 0.223 e. The van der Waals surface area contributed by atoms with E-state index in [-0.39, 0.29) is 35.7 Å². The Morgan fingerprint density at radius 1 is 0.846 bits per heavy atom. The normalized spacial score (nSPS) is 22.4. The van der Waals surface area contributed by atoms with E-state index in [2.05, 4.69) is 10.6 Å². The Hall–Kier alpha value is -1.66. The number of hydrogen-bond donors (Lipinski definition) is 2. The summed E-state index contributed by atoms with van der Waals surface area (Å²) in [6, 6.07) is 8.20. The maximum atomic E-state index is 12.5. The SMILES string of the molecule is CC(NC(=O)C1CCC(C(=O)NC(C)c2cccs2)CC1)c1cccs1. The van der Waals surface area contributed by atoms with E-state index in [1.165, 1.54) is 9.75 Å². The van der Waals surface area contributed by atoms with Crippen LogP contribution in [0, 0.1) is 11.8 Å². The van der Waals surface area contributed by atoms with Crippen LogP contribution in [0.15, 0.2) is 35.0 Å². The second kappa shape index (κ2) is 8.82. The summed E-state index contributed by atoms with van der Waals surface area (Å²) in [5, 5.41) is 10.3. The molecule has 140 valence electrons. The molecule has 1 saturated carbocycles. The molecule has 2 aromatic rings. The van der Waals surface area contributed by atoms with Crippen LogP contribution in [0.1, 0.15) is 61.4 Å². The lowest BCUT2D eigenvalue weighted by molar-refractivity contribution is -0.131. The topological polar surface area (TPSA) is 58.2 Å². The van der Waals surface area contributed by atoms with Gasteiger partial charge in [0.2, 0.25) is 11.8 Å². The molecule has 2 N–H and O–H groups in total. The lowest BCUT2D eigenvalue weighted by Crippen LogP contribution is -2.38. The van der Waals surface area contributed by atoms with Crippen LogP contribution in [-0.2, 0) is 9.59 Å². The van der Waals surface area contributed by atoms with Crippen molar-refractivity contribution in [2.45, 2.75) is 51.6 Å². The largest absolute Gasteiger partial charge is 0.349 e. The molecule has 1 aliphatic rings. The smallest absolute Gasteiger partial charge is 0.223 e. The fourth-order valence-electron chi connectivity index (χ4n) is 3.50. The zero-order chi connectivity index (χ0) is 18.5. The molecule has 2 unspecified atom stereocenters. The third kappa shape index (κ3) is 4.74. The van der Waals surface area contributed by atoms with E-state index in [0.29, 0.717) is 0 Å². The summed E-state index contributed by atoms with van der Waals surface area (Å²) in [6.07, 6.45) is 3.14. The summed E-state index contributed by atoms with van der Waals surface area (Å²) in [5.41, 5.74) is 0. The van der Waals surface area contributed by atoms with E-state index >= 15 is 0 Å². The molecule has 26 heavy (non-hydrogen) atoms. The van der Waals surface area contributed by atoms with Crippen LogP contribution in [0.2, 0.25) is 0 Å². The molecule has 2 amide bonds. The van der Waals surface area contributed by atoms with Crippen molar-refractivity contribution in [1.82, 2.24) is 10.6 Å². The van der Waals surface area contributed by atoms with Crippen molar-refractivity contribution in [3.05, 3.63) is 44.8 Å². The van der Waals surface area contributed by atoms with Gasteiger partial charge in [-0.2, -0.15) is 0 Å². The molecule has 0 aliphatic heterocycles. The number of nitrogens with one attached hydrogen (secondary N) is 2. The summed E-state index contributed by atoms with van der Waals surface area (Å²) >= 11 is 3.32. The number of rotatable bonds is 6. The summed E-state index contributed by atoms with van der Waals surface area (Å²) in [6.45, 7) is 4.05. The fraction of sp³-hybridized carbons (Fsp3) is 0.500. The van der Waals surface area contributed by atoms with Crippen LogP contribution in [0.5, 0.6) is 0 Å². The monoisotopic (exact) mass is 390 g/mol. The van der Waals surface area contributed by atoms with Gasteiger partial charge in [-0.15, -0.1) is 22.7 Å². The average molecular weight is 391 g/mol. The molecule has 2 aromatic heterocycles. The minimum atomic E-state index is 0.0242. The molecule has 0 aromatic carbocycles. The summed E-state index contributed by atoms with van der Waals surface area (Å²) in [5.74, 6) is 0.292. The highest BCUT2D eigenvalue weighted by Gasteiger charge is 2.31. The number of carbonyl (C=O) groups excluding carboxylic acids is 2. The molecule has 1 aliphatic carbocycles. The minimum Gasteiger partial charge on any atom is -0.349 e. The van der Waals surface area contributed by atoms with Crippen LogP contribution in [-0.4, -0.2) is 11.8 Å². The number of carbonyl (C=O) groups is 2. The molecule has 0 spiro atoms. The van der Waals surface area contributed by atoms with Crippen LogP contribution >= 0.6 is 22.7 Å². The Kier molecular flexibility index (Phi) is 6.48. The molecule has 2 heterocycles. The van der Waals surface area contributed by atoms with Crippen molar-refractivity contribution in [2.24, 2.45) is 11.8 Å². The highest BCUT2D eigenvalue weighted by molar-refractivity contribution is 7.10. The Balaban J connectivity index is 1.44.